The van der Waals surface area contributed by atoms with E-state index in [-0.39, 0.29) is 6.61 Å². The third-order valence-corrected chi connectivity index (χ3v) is 3.04. The number of hydrogen-bond donors (Lipinski definition) is 1. The molecule has 0 aromatic heterocycles. The number of amides is 1. The highest BCUT2D eigenvalue weighted by Crippen LogP contribution is 2.22. The first-order valence-electron chi connectivity index (χ1n) is 6.81. The van der Waals surface area contributed by atoms with Crippen LogP contribution in [0.25, 0.3) is 11.1 Å². The Kier molecular flexibility index (Phi) is 5.14. The van der Waals surface area contributed by atoms with E-state index in [0.717, 1.165) is 11.1 Å². The number of aryl methyl sites for hydroxylation is 1. The highest BCUT2D eigenvalue weighted by atomic mass is 16.5. The van der Waals surface area contributed by atoms with E-state index in [0.29, 0.717) is 5.75 Å². The van der Waals surface area contributed by atoms with Crippen molar-refractivity contribution >= 4 is 11.9 Å². The minimum Gasteiger partial charge on any atom is -0.548 e. The van der Waals surface area contributed by atoms with Crippen LogP contribution in [0.4, 0.5) is 0 Å². The molecule has 0 saturated carbocycles. The van der Waals surface area contributed by atoms with Gasteiger partial charge in [0.15, 0.2) is 6.61 Å². The van der Waals surface area contributed by atoms with Crippen LogP contribution >= 0.6 is 0 Å². The summed E-state index contributed by atoms with van der Waals surface area (Å²) in [7, 11) is 0. The number of carboxylic acids is 1. The number of carbonyl (C=O) groups is 2. The molecule has 5 nitrogen and oxygen atoms in total. The van der Waals surface area contributed by atoms with E-state index in [1.54, 1.807) is 12.1 Å². The lowest BCUT2D eigenvalue weighted by atomic mass is 10.0. The first-order chi connectivity index (χ1) is 10.5. The summed E-state index contributed by atoms with van der Waals surface area (Å²) in [6, 6.07) is 15.5. The molecular formula is C17H16NO4-. The topological polar surface area (TPSA) is 78.5 Å². The number of nitrogens with one attached hydrogen (secondary N) is 1. The van der Waals surface area contributed by atoms with Crippen LogP contribution in [0.3, 0.4) is 0 Å². The molecule has 0 unspecified atom stereocenters. The molecule has 22 heavy (non-hydrogen) atoms. The van der Waals surface area contributed by atoms with Gasteiger partial charge < -0.3 is 20.0 Å². The largest absolute Gasteiger partial charge is 0.548 e. The normalized spacial score (nSPS) is 10.0. The van der Waals surface area contributed by atoms with Gasteiger partial charge in [0, 0.05) is 0 Å². The molecule has 0 fully saturated rings. The number of ether oxygens (including phenoxy) is 1. The second kappa shape index (κ2) is 7.26. The average molecular weight is 298 g/mol. The zero-order valence-electron chi connectivity index (χ0n) is 12.2. The lowest BCUT2D eigenvalue weighted by Gasteiger charge is -2.09. The lowest BCUT2D eigenvalue weighted by Crippen LogP contribution is -2.39. The molecule has 2 aromatic rings. The highest BCUT2D eigenvalue weighted by molar-refractivity contribution is 5.81. The number of carbonyl (C=O) groups excluding carboxylic acids is 2. The van der Waals surface area contributed by atoms with Crippen molar-refractivity contribution in [2.75, 3.05) is 13.2 Å². The van der Waals surface area contributed by atoms with Crippen LogP contribution in [-0.2, 0) is 9.59 Å². The summed E-state index contributed by atoms with van der Waals surface area (Å²) in [5.41, 5.74) is 3.35. The smallest absolute Gasteiger partial charge is 0.258 e. The second-order valence-corrected chi connectivity index (χ2v) is 4.83. The maximum absolute atomic E-state index is 11.3. The lowest BCUT2D eigenvalue weighted by molar-refractivity contribution is -0.304. The van der Waals surface area contributed by atoms with Crippen LogP contribution < -0.4 is 15.2 Å². The predicted molar refractivity (Wildman–Crippen MR) is 80.1 cm³/mol. The van der Waals surface area contributed by atoms with Crippen LogP contribution in [0.2, 0.25) is 0 Å². The standard InChI is InChI=1S/C17H17NO4/c1-12-2-4-13(5-3-12)14-6-8-15(9-7-14)22-11-16(19)18-10-17(20)21/h2-9H,10-11H2,1H3,(H,18,19)(H,20,21)/p-1. The Morgan fingerprint density at radius 2 is 1.55 bits per heavy atom. The van der Waals surface area contributed by atoms with Gasteiger partial charge in [-0.2, -0.15) is 0 Å². The molecule has 2 rings (SSSR count). The Hall–Kier alpha value is -2.82. The molecule has 0 saturated heterocycles. The van der Waals surface area contributed by atoms with Crippen molar-refractivity contribution in [3.63, 3.8) is 0 Å². The SMILES string of the molecule is Cc1ccc(-c2ccc(OCC(=O)NCC(=O)[O-])cc2)cc1. The van der Waals surface area contributed by atoms with Gasteiger partial charge in [0.05, 0.1) is 12.5 Å². The average Bonchev–Trinajstić information content (AvgIpc) is 2.52. The molecule has 1 amide bonds. The highest BCUT2D eigenvalue weighted by Gasteiger charge is 2.03. The van der Waals surface area contributed by atoms with Crippen LogP contribution in [0.15, 0.2) is 48.5 Å². The minimum absolute atomic E-state index is 0.239. The van der Waals surface area contributed by atoms with Gasteiger partial charge in [0.1, 0.15) is 5.75 Å². The fraction of sp³-hybridized carbons (Fsp3) is 0.176. The van der Waals surface area contributed by atoms with E-state index in [1.807, 2.05) is 43.3 Å². The molecule has 0 aliphatic rings. The first kappa shape index (κ1) is 15.6. The van der Waals surface area contributed by atoms with E-state index in [2.05, 4.69) is 5.32 Å². The molecule has 0 bridgehead atoms. The molecule has 114 valence electrons. The summed E-state index contributed by atoms with van der Waals surface area (Å²) in [6.07, 6.45) is 0. The quantitative estimate of drug-likeness (QED) is 0.859. The molecule has 1 N–H and O–H groups in total. The fourth-order valence-electron chi connectivity index (χ4n) is 1.86. The van der Waals surface area contributed by atoms with Crippen molar-refractivity contribution in [3.8, 4) is 16.9 Å². The van der Waals surface area contributed by atoms with E-state index in [1.165, 1.54) is 5.56 Å². The summed E-state index contributed by atoms with van der Waals surface area (Å²) in [6.45, 7) is 1.28. The maximum atomic E-state index is 11.3. The first-order valence-corrected chi connectivity index (χ1v) is 6.81. The third kappa shape index (κ3) is 4.63. The molecule has 2 aromatic carbocycles. The number of aliphatic carboxylic acids is 1. The Balaban J connectivity index is 1.90. The molecular weight excluding hydrogens is 282 g/mol. The molecule has 5 heteroatoms. The van der Waals surface area contributed by atoms with Crippen LogP contribution in [0, 0.1) is 6.92 Å². The van der Waals surface area contributed by atoms with E-state index < -0.39 is 18.4 Å². The maximum Gasteiger partial charge on any atom is 0.258 e. The van der Waals surface area contributed by atoms with Crippen molar-refractivity contribution in [2.24, 2.45) is 0 Å². The van der Waals surface area contributed by atoms with E-state index >= 15 is 0 Å². The second-order valence-electron chi connectivity index (χ2n) is 4.83. The monoisotopic (exact) mass is 298 g/mol. The zero-order chi connectivity index (χ0) is 15.9. The van der Waals surface area contributed by atoms with Crippen molar-refractivity contribution in [1.82, 2.24) is 5.32 Å². The van der Waals surface area contributed by atoms with Gasteiger partial charge in [-0.15, -0.1) is 0 Å². The van der Waals surface area contributed by atoms with Crippen molar-refractivity contribution in [2.45, 2.75) is 6.92 Å². The fourth-order valence-corrected chi connectivity index (χ4v) is 1.86. The number of benzene rings is 2. The van der Waals surface area contributed by atoms with Gasteiger partial charge in [-0.05, 0) is 30.2 Å². The van der Waals surface area contributed by atoms with Gasteiger partial charge in [-0.3, -0.25) is 4.79 Å². The zero-order valence-corrected chi connectivity index (χ0v) is 12.2. The molecule has 0 heterocycles. The van der Waals surface area contributed by atoms with Crippen LogP contribution in [0.1, 0.15) is 5.56 Å². The van der Waals surface area contributed by atoms with E-state index in [4.69, 9.17) is 4.74 Å². The summed E-state index contributed by atoms with van der Waals surface area (Å²) in [4.78, 5) is 21.5. The van der Waals surface area contributed by atoms with Gasteiger partial charge in [0.25, 0.3) is 5.91 Å². The molecule has 0 spiro atoms. The molecule has 0 radical (unpaired) electrons. The van der Waals surface area contributed by atoms with Crippen molar-refractivity contribution in [3.05, 3.63) is 54.1 Å². The summed E-state index contributed by atoms with van der Waals surface area (Å²) in [5, 5.41) is 12.4. The van der Waals surface area contributed by atoms with Crippen LogP contribution in [-0.4, -0.2) is 25.0 Å². The number of hydrogen-bond acceptors (Lipinski definition) is 4. The Morgan fingerprint density at radius 3 is 2.09 bits per heavy atom. The van der Waals surface area contributed by atoms with Gasteiger partial charge in [-0.25, -0.2) is 0 Å². The minimum atomic E-state index is -1.34. The van der Waals surface area contributed by atoms with Gasteiger partial charge in [-0.1, -0.05) is 42.0 Å². The Bertz CT molecular complexity index is 647. The Morgan fingerprint density at radius 1 is 1.00 bits per heavy atom. The molecule has 0 aliphatic carbocycles. The van der Waals surface area contributed by atoms with E-state index in [9.17, 15) is 14.7 Å². The predicted octanol–water partition coefficient (Wildman–Crippen LogP) is 0.907. The van der Waals surface area contributed by atoms with Crippen LogP contribution in [0.5, 0.6) is 5.75 Å². The van der Waals surface area contributed by atoms with Gasteiger partial charge in [0.2, 0.25) is 0 Å². The summed E-state index contributed by atoms with van der Waals surface area (Å²) < 4.78 is 5.28. The number of carboxylic acid groups (broad SMARTS) is 1. The van der Waals surface area contributed by atoms with Crippen molar-refractivity contribution < 1.29 is 19.4 Å². The molecule has 0 atom stereocenters. The summed E-state index contributed by atoms with van der Waals surface area (Å²) >= 11 is 0. The van der Waals surface area contributed by atoms with Gasteiger partial charge >= 0.3 is 0 Å². The Labute approximate surface area is 128 Å². The molecule has 0 aliphatic heterocycles. The third-order valence-electron chi connectivity index (χ3n) is 3.04. The van der Waals surface area contributed by atoms with Crippen molar-refractivity contribution in [1.29, 1.82) is 0 Å². The number of rotatable bonds is 6. The summed E-state index contributed by atoms with van der Waals surface area (Å²) in [5.74, 6) is -1.30.